The van der Waals surface area contributed by atoms with Crippen LogP contribution in [-0.4, -0.2) is 29.2 Å². The maximum Gasteiger partial charge on any atom is 0.417 e. The molecule has 3 amide bonds. The first-order valence-corrected chi connectivity index (χ1v) is 9.68. The molecule has 1 heterocycles. The average Bonchev–Trinajstić information content (AvgIpc) is 2.93. The van der Waals surface area contributed by atoms with Crippen LogP contribution in [0.3, 0.4) is 0 Å². The van der Waals surface area contributed by atoms with Gasteiger partial charge in [-0.2, -0.15) is 13.2 Å². The third-order valence-corrected chi connectivity index (χ3v) is 5.05. The molecule has 0 bridgehead atoms. The first kappa shape index (κ1) is 21.8. The summed E-state index contributed by atoms with van der Waals surface area (Å²) in [5.41, 5.74) is -0.211. The Kier molecular flexibility index (Phi) is 6.45. The molecule has 2 aromatic carbocycles. The lowest BCUT2D eigenvalue weighted by molar-refractivity contribution is -0.137. The lowest BCUT2D eigenvalue weighted by Crippen LogP contribution is -2.30. The first-order chi connectivity index (χ1) is 14.2. The third-order valence-electron chi connectivity index (χ3n) is 4.72. The van der Waals surface area contributed by atoms with E-state index in [1.54, 1.807) is 24.3 Å². The van der Waals surface area contributed by atoms with Gasteiger partial charge in [-0.15, -0.1) is 0 Å². The van der Waals surface area contributed by atoms with E-state index in [2.05, 4.69) is 5.32 Å². The van der Waals surface area contributed by atoms with E-state index in [-0.39, 0.29) is 30.5 Å². The maximum atomic E-state index is 12.9. The number of nitrogens with one attached hydrogen (secondary N) is 1. The summed E-state index contributed by atoms with van der Waals surface area (Å²) in [5, 5.41) is 1.99. The molecule has 0 saturated carbocycles. The van der Waals surface area contributed by atoms with Crippen LogP contribution in [-0.2, 0) is 11.0 Å². The van der Waals surface area contributed by atoms with Crippen molar-refractivity contribution in [3.8, 4) is 0 Å². The van der Waals surface area contributed by atoms with Crippen molar-refractivity contribution >= 4 is 35.0 Å². The lowest BCUT2D eigenvalue weighted by atomic mass is 10.1. The molecule has 3 rings (SSSR count). The minimum absolute atomic E-state index is 0.0164. The summed E-state index contributed by atoms with van der Waals surface area (Å²) >= 11 is 5.56. The highest BCUT2D eigenvalue weighted by Crippen LogP contribution is 2.36. The highest BCUT2D eigenvalue weighted by atomic mass is 35.5. The normalized spacial score (nSPS) is 13.5. The number of amides is 3. The van der Waals surface area contributed by atoms with Gasteiger partial charge in [-0.1, -0.05) is 30.2 Å². The molecule has 5 nitrogen and oxygen atoms in total. The number of imide groups is 1. The maximum absolute atomic E-state index is 12.9. The molecule has 1 N–H and O–H groups in total. The summed E-state index contributed by atoms with van der Waals surface area (Å²) in [6, 6.07) is 9.80. The molecule has 158 valence electrons. The third kappa shape index (κ3) is 4.81. The van der Waals surface area contributed by atoms with Gasteiger partial charge in [0.1, 0.15) is 0 Å². The van der Waals surface area contributed by atoms with E-state index in [1.807, 2.05) is 0 Å². The van der Waals surface area contributed by atoms with Gasteiger partial charge >= 0.3 is 6.18 Å². The molecule has 30 heavy (non-hydrogen) atoms. The molecule has 0 unspecified atom stereocenters. The highest BCUT2D eigenvalue weighted by molar-refractivity contribution is 6.31. The Bertz CT molecular complexity index is 957. The second-order valence-corrected chi connectivity index (χ2v) is 7.27. The molecular formula is C21H18ClF3N2O3. The van der Waals surface area contributed by atoms with Crippen LogP contribution in [0, 0.1) is 0 Å². The number of anilines is 1. The number of alkyl halides is 3. The van der Waals surface area contributed by atoms with E-state index in [0.29, 0.717) is 30.4 Å². The van der Waals surface area contributed by atoms with Gasteiger partial charge in [0.05, 0.1) is 21.7 Å². The monoisotopic (exact) mass is 438 g/mol. The Morgan fingerprint density at radius 1 is 0.967 bits per heavy atom. The summed E-state index contributed by atoms with van der Waals surface area (Å²) < 4.78 is 38.6. The van der Waals surface area contributed by atoms with Crippen molar-refractivity contribution in [3.63, 3.8) is 0 Å². The first-order valence-electron chi connectivity index (χ1n) is 9.30. The van der Waals surface area contributed by atoms with Crippen LogP contribution in [0.4, 0.5) is 18.9 Å². The van der Waals surface area contributed by atoms with Gasteiger partial charge in [0, 0.05) is 18.7 Å². The summed E-state index contributed by atoms with van der Waals surface area (Å²) in [5.74, 6) is -1.07. The Morgan fingerprint density at radius 2 is 1.60 bits per heavy atom. The number of rotatable bonds is 7. The molecular weight excluding hydrogens is 421 g/mol. The van der Waals surface area contributed by atoms with Crippen LogP contribution in [0.25, 0.3) is 0 Å². The van der Waals surface area contributed by atoms with Crippen molar-refractivity contribution in [2.45, 2.75) is 31.9 Å². The molecule has 0 saturated heterocycles. The van der Waals surface area contributed by atoms with Gasteiger partial charge in [-0.3, -0.25) is 19.3 Å². The van der Waals surface area contributed by atoms with Crippen LogP contribution in [0.5, 0.6) is 0 Å². The highest BCUT2D eigenvalue weighted by Gasteiger charge is 2.35. The van der Waals surface area contributed by atoms with Crippen molar-refractivity contribution in [2.24, 2.45) is 0 Å². The largest absolute Gasteiger partial charge is 0.417 e. The van der Waals surface area contributed by atoms with Gasteiger partial charge in [-0.05, 0) is 43.2 Å². The van der Waals surface area contributed by atoms with Crippen molar-refractivity contribution in [3.05, 3.63) is 64.2 Å². The number of hydrogen-bond donors (Lipinski definition) is 1. The van der Waals surface area contributed by atoms with E-state index in [4.69, 9.17) is 11.6 Å². The molecule has 0 aliphatic carbocycles. The SMILES string of the molecule is O=C(CCCCCN1C(=O)c2ccccc2C1=O)Nc1ccc(Cl)c(C(F)(F)F)c1. The fraction of sp³-hybridized carbons (Fsp3) is 0.286. The van der Waals surface area contributed by atoms with Crippen LogP contribution in [0.1, 0.15) is 52.0 Å². The number of halogens is 4. The average molecular weight is 439 g/mol. The van der Waals surface area contributed by atoms with Crippen molar-refractivity contribution in [2.75, 3.05) is 11.9 Å². The number of nitrogens with zero attached hydrogens (tertiary/aromatic N) is 1. The van der Waals surface area contributed by atoms with Gasteiger partial charge in [0.15, 0.2) is 0 Å². The predicted molar refractivity (Wildman–Crippen MR) is 105 cm³/mol. The van der Waals surface area contributed by atoms with Crippen molar-refractivity contribution in [1.29, 1.82) is 0 Å². The molecule has 9 heteroatoms. The Hall–Kier alpha value is -2.87. The Labute approximate surface area is 175 Å². The summed E-state index contributed by atoms with van der Waals surface area (Å²) in [6.45, 7) is 0.250. The van der Waals surface area contributed by atoms with E-state index in [0.717, 1.165) is 12.1 Å². The Morgan fingerprint density at radius 3 is 2.20 bits per heavy atom. The molecule has 1 aliphatic rings. The zero-order chi connectivity index (χ0) is 21.9. The quantitative estimate of drug-likeness (QED) is 0.480. The molecule has 0 spiro atoms. The second-order valence-electron chi connectivity index (χ2n) is 6.86. The topological polar surface area (TPSA) is 66.5 Å². The van der Waals surface area contributed by atoms with Gasteiger partial charge in [0.2, 0.25) is 5.91 Å². The smallest absolute Gasteiger partial charge is 0.326 e. The van der Waals surface area contributed by atoms with Gasteiger partial charge < -0.3 is 5.32 Å². The van der Waals surface area contributed by atoms with Crippen LogP contribution >= 0.6 is 11.6 Å². The van der Waals surface area contributed by atoms with Crippen LogP contribution < -0.4 is 5.32 Å². The Balaban J connectivity index is 1.43. The van der Waals surface area contributed by atoms with Crippen molar-refractivity contribution in [1.82, 2.24) is 4.90 Å². The molecule has 2 aromatic rings. The fourth-order valence-electron chi connectivity index (χ4n) is 3.22. The second kappa shape index (κ2) is 8.87. The number of carbonyl (C=O) groups is 3. The molecule has 0 radical (unpaired) electrons. The number of carbonyl (C=O) groups excluding carboxylic acids is 3. The molecule has 0 atom stereocenters. The molecule has 1 aliphatic heterocycles. The van der Waals surface area contributed by atoms with Crippen LogP contribution in [0.15, 0.2) is 42.5 Å². The van der Waals surface area contributed by atoms with E-state index in [1.165, 1.54) is 11.0 Å². The lowest BCUT2D eigenvalue weighted by Gasteiger charge is -2.13. The summed E-state index contributed by atoms with van der Waals surface area (Å²) in [6.07, 6.45) is -2.93. The van der Waals surface area contributed by atoms with E-state index >= 15 is 0 Å². The van der Waals surface area contributed by atoms with Crippen LogP contribution in [0.2, 0.25) is 5.02 Å². The number of unbranched alkanes of at least 4 members (excludes halogenated alkanes) is 2. The standard InChI is InChI=1S/C21H18ClF3N2O3/c22-17-10-9-13(12-16(17)21(23,24)25)26-18(28)8-2-1-5-11-27-19(29)14-6-3-4-7-15(14)20(27)30/h3-4,6-7,9-10,12H,1-2,5,8,11H2,(H,26,28). The fourth-order valence-corrected chi connectivity index (χ4v) is 3.44. The van der Waals surface area contributed by atoms with Crippen molar-refractivity contribution < 1.29 is 27.6 Å². The molecule has 0 aromatic heterocycles. The predicted octanol–water partition coefficient (Wildman–Crippen LogP) is 5.15. The number of hydrogen-bond acceptors (Lipinski definition) is 3. The molecule has 0 fully saturated rings. The zero-order valence-corrected chi connectivity index (χ0v) is 16.5. The number of benzene rings is 2. The minimum atomic E-state index is -4.61. The van der Waals surface area contributed by atoms with E-state index in [9.17, 15) is 27.6 Å². The zero-order valence-electron chi connectivity index (χ0n) is 15.8. The summed E-state index contributed by atoms with van der Waals surface area (Å²) in [7, 11) is 0. The van der Waals surface area contributed by atoms with Gasteiger partial charge in [-0.25, -0.2) is 0 Å². The minimum Gasteiger partial charge on any atom is -0.326 e. The number of fused-ring (bicyclic) bond motifs is 1. The van der Waals surface area contributed by atoms with Gasteiger partial charge in [0.25, 0.3) is 11.8 Å². The summed E-state index contributed by atoms with van der Waals surface area (Å²) in [4.78, 5) is 37.7. The van der Waals surface area contributed by atoms with E-state index < -0.39 is 22.7 Å².